The number of amides is 2. The van der Waals surface area contributed by atoms with Gasteiger partial charge in [-0.1, -0.05) is 91.0 Å². The minimum atomic E-state index is -0.827. The van der Waals surface area contributed by atoms with Gasteiger partial charge in [-0.3, -0.25) is 9.59 Å². The number of hydrogen-bond acceptors (Lipinski definition) is 4. The van der Waals surface area contributed by atoms with E-state index < -0.39 is 11.6 Å². The summed E-state index contributed by atoms with van der Waals surface area (Å²) in [6, 6.07) is 29.6. The molecule has 1 unspecified atom stereocenters. The van der Waals surface area contributed by atoms with Gasteiger partial charge in [0.05, 0.1) is 13.2 Å². The maximum Gasteiger partial charge on any atom is 0.248 e. The summed E-state index contributed by atoms with van der Waals surface area (Å²) in [5, 5.41) is 3.03. The van der Waals surface area contributed by atoms with Crippen LogP contribution in [0.5, 0.6) is 0 Å². The van der Waals surface area contributed by atoms with Gasteiger partial charge in [-0.25, -0.2) is 0 Å². The summed E-state index contributed by atoms with van der Waals surface area (Å²) in [6.07, 6.45) is 2.24. The number of piperazine rings is 1. The van der Waals surface area contributed by atoms with Gasteiger partial charge in [0, 0.05) is 26.2 Å². The first-order valence-corrected chi connectivity index (χ1v) is 13.2. The van der Waals surface area contributed by atoms with Crippen LogP contribution in [0.3, 0.4) is 0 Å². The molecule has 6 heteroatoms. The highest BCUT2D eigenvalue weighted by molar-refractivity contribution is 6.00. The van der Waals surface area contributed by atoms with E-state index in [1.807, 2.05) is 71.6 Å². The molecule has 3 aromatic carbocycles. The SMILES string of the molecule is O=C1C(COCc2ccccc2)NC(=O)C2(CCN(CCc3ccccc3)CC2)N1Cc1ccccc1. The van der Waals surface area contributed by atoms with Gasteiger partial charge in [0.2, 0.25) is 11.8 Å². The van der Waals surface area contributed by atoms with Crippen LogP contribution in [-0.4, -0.2) is 59.4 Å². The third kappa shape index (κ3) is 5.92. The number of piperidine rings is 1. The van der Waals surface area contributed by atoms with Crippen molar-refractivity contribution in [3.63, 3.8) is 0 Å². The summed E-state index contributed by atoms with van der Waals surface area (Å²) >= 11 is 0. The second-order valence-corrected chi connectivity index (χ2v) is 10.0. The average Bonchev–Trinajstić information content (AvgIpc) is 2.95. The largest absolute Gasteiger partial charge is 0.374 e. The normalized spacial score (nSPS) is 19.7. The van der Waals surface area contributed by atoms with Gasteiger partial charge in [-0.15, -0.1) is 0 Å². The molecule has 2 aliphatic rings. The fourth-order valence-electron chi connectivity index (χ4n) is 5.43. The van der Waals surface area contributed by atoms with Crippen LogP contribution in [-0.2, 0) is 33.9 Å². The maximum absolute atomic E-state index is 13.8. The molecule has 2 aliphatic heterocycles. The van der Waals surface area contributed by atoms with Crippen molar-refractivity contribution < 1.29 is 14.3 Å². The second-order valence-electron chi connectivity index (χ2n) is 10.0. The lowest BCUT2D eigenvalue weighted by molar-refractivity contribution is -0.164. The van der Waals surface area contributed by atoms with E-state index in [0.29, 0.717) is 26.0 Å². The Labute approximate surface area is 219 Å². The van der Waals surface area contributed by atoms with E-state index in [0.717, 1.165) is 37.2 Å². The van der Waals surface area contributed by atoms with Crippen LogP contribution in [0.4, 0.5) is 0 Å². The standard InChI is InChI=1S/C31H35N3O3/c35-29-28(24-37-23-27-14-8-3-9-15-27)32-30(36)31(34(29)22-26-12-6-2-7-13-26)17-20-33(21-18-31)19-16-25-10-4-1-5-11-25/h1-15,28H,16-24H2,(H,32,36). The van der Waals surface area contributed by atoms with Crippen molar-refractivity contribution in [1.82, 2.24) is 15.1 Å². The van der Waals surface area contributed by atoms with Crippen molar-refractivity contribution in [3.05, 3.63) is 108 Å². The van der Waals surface area contributed by atoms with E-state index in [2.05, 4.69) is 34.5 Å². The molecule has 0 saturated carbocycles. The smallest absolute Gasteiger partial charge is 0.248 e. The molecule has 2 heterocycles. The summed E-state index contributed by atoms with van der Waals surface area (Å²) in [4.78, 5) is 31.7. The third-order valence-electron chi connectivity index (χ3n) is 7.63. The minimum absolute atomic E-state index is 0.0564. The number of likely N-dealkylation sites (tertiary alicyclic amines) is 1. The predicted molar refractivity (Wildman–Crippen MR) is 144 cm³/mol. The summed E-state index contributed by atoms with van der Waals surface area (Å²) in [5.74, 6) is -0.117. The molecule has 192 valence electrons. The molecule has 1 spiro atoms. The number of ether oxygens (including phenoxy) is 1. The highest BCUT2D eigenvalue weighted by Crippen LogP contribution is 2.34. The van der Waals surface area contributed by atoms with E-state index in [1.165, 1.54) is 5.56 Å². The molecule has 37 heavy (non-hydrogen) atoms. The second kappa shape index (κ2) is 11.7. The van der Waals surface area contributed by atoms with Gasteiger partial charge < -0.3 is 19.9 Å². The van der Waals surface area contributed by atoms with Crippen LogP contribution in [0, 0.1) is 0 Å². The molecular formula is C31H35N3O3. The number of carbonyl (C=O) groups excluding carboxylic acids is 2. The van der Waals surface area contributed by atoms with Crippen LogP contribution < -0.4 is 5.32 Å². The Kier molecular flexibility index (Phi) is 7.97. The van der Waals surface area contributed by atoms with E-state index in [9.17, 15) is 9.59 Å². The van der Waals surface area contributed by atoms with Crippen molar-refractivity contribution >= 4 is 11.8 Å². The quantitative estimate of drug-likeness (QED) is 0.489. The number of hydrogen-bond donors (Lipinski definition) is 1. The monoisotopic (exact) mass is 497 g/mol. The Balaban J connectivity index is 1.27. The first-order valence-electron chi connectivity index (χ1n) is 13.2. The fourth-order valence-corrected chi connectivity index (χ4v) is 5.43. The van der Waals surface area contributed by atoms with Gasteiger partial charge >= 0.3 is 0 Å². The molecule has 5 rings (SSSR count). The molecule has 2 saturated heterocycles. The van der Waals surface area contributed by atoms with E-state index in [1.54, 1.807) is 0 Å². The Morgan fingerprint density at radius 3 is 1.97 bits per heavy atom. The number of nitrogens with one attached hydrogen (secondary N) is 1. The Hall–Kier alpha value is -3.48. The summed E-state index contributed by atoms with van der Waals surface area (Å²) in [7, 11) is 0. The van der Waals surface area contributed by atoms with Gasteiger partial charge in [-0.05, 0) is 36.0 Å². The molecule has 2 amide bonds. The van der Waals surface area contributed by atoms with Gasteiger partial charge in [0.1, 0.15) is 11.6 Å². The lowest BCUT2D eigenvalue weighted by Gasteiger charge is -2.51. The Morgan fingerprint density at radius 1 is 0.784 bits per heavy atom. The minimum Gasteiger partial charge on any atom is -0.374 e. The lowest BCUT2D eigenvalue weighted by Crippen LogP contribution is -2.73. The molecule has 0 radical (unpaired) electrons. The van der Waals surface area contributed by atoms with Crippen LogP contribution in [0.15, 0.2) is 91.0 Å². The van der Waals surface area contributed by atoms with Crippen molar-refractivity contribution in [2.75, 3.05) is 26.2 Å². The average molecular weight is 498 g/mol. The number of benzene rings is 3. The lowest BCUT2D eigenvalue weighted by atomic mass is 9.81. The molecule has 0 aliphatic carbocycles. The van der Waals surface area contributed by atoms with Crippen LogP contribution >= 0.6 is 0 Å². The van der Waals surface area contributed by atoms with Crippen molar-refractivity contribution in [3.8, 4) is 0 Å². The highest BCUT2D eigenvalue weighted by Gasteiger charge is 2.53. The highest BCUT2D eigenvalue weighted by atomic mass is 16.5. The maximum atomic E-state index is 13.8. The van der Waals surface area contributed by atoms with Crippen molar-refractivity contribution in [2.45, 2.75) is 44.0 Å². The molecule has 1 N–H and O–H groups in total. The Bertz CT molecular complexity index is 1160. The first-order chi connectivity index (χ1) is 18.1. The Morgan fingerprint density at radius 2 is 1.35 bits per heavy atom. The van der Waals surface area contributed by atoms with Gasteiger partial charge in [0.15, 0.2) is 0 Å². The number of nitrogens with zero attached hydrogens (tertiary/aromatic N) is 2. The van der Waals surface area contributed by atoms with E-state index in [-0.39, 0.29) is 18.4 Å². The molecule has 2 fully saturated rings. The summed E-state index contributed by atoms with van der Waals surface area (Å²) in [6.45, 7) is 3.50. The summed E-state index contributed by atoms with van der Waals surface area (Å²) in [5.41, 5.74) is 2.56. The van der Waals surface area contributed by atoms with Crippen LogP contribution in [0.1, 0.15) is 29.5 Å². The number of carbonyl (C=O) groups is 2. The van der Waals surface area contributed by atoms with Crippen LogP contribution in [0.2, 0.25) is 0 Å². The van der Waals surface area contributed by atoms with Crippen LogP contribution in [0.25, 0.3) is 0 Å². The van der Waals surface area contributed by atoms with Crippen molar-refractivity contribution in [1.29, 1.82) is 0 Å². The van der Waals surface area contributed by atoms with Gasteiger partial charge in [0.25, 0.3) is 0 Å². The molecular weight excluding hydrogens is 462 g/mol. The fraction of sp³-hybridized carbons (Fsp3) is 0.355. The first kappa shape index (κ1) is 25.2. The van der Waals surface area contributed by atoms with E-state index >= 15 is 0 Å². The zero-order chi connectivity index (χ0) is 25.5. The van der Waals surface area contributed by atoms with E-state index in [4.69, 9.17) is 4.74 Å². The zero-order valence-corrected chi connectivity index (χ0v) is 21.2. The molecule has 0 bridgehead atoms. The molecule has 0 aromatic heterocycles. The van der Waals surface area contributed by atoms with Crippen molar-refractivity contribution in [2.24, 2.45) is 0 Å². The molecule has 3 aromatic rings. The molecule has 6 nitrogen and oxygen atoms in total. The summed E-state index contributed by atoms with van der Waals surface area (Å²) < 4.78 is 5.87. The zero-order valence-electron chi connectivity index (χ0n) is 21.2. The predicted octanol–water partition coefficient (Wildman–Crippen LogP) is 3.81. The van der Waals surface area contributed by atoms with Gasteiger partial charge in [-0.2, -0.15) is 0 Å². The third-order valence-corrected chi connectivity index (χ3v) is 7.63. The molecule has 1 atom stereocenters. The number of rotatable bonds is 9. The topological polar surface area (TPSA) is 61.9 Å².